The minimum Gasteiger partial charge on any atom is -0.300 e. The molecule has 0 aliphatic carbocycles. The summed E-state index contributed by atoms with van der Waals surface area (Å²) in [5.74, 6) is 0. The molecule has 0 spiro atoms. The van der Waals surface area contributed by atoms with E-state index in [-0.39, 0.29) is 0 Å². The molecule has 0 radical (unpaired) electrons. The molecule has 1 unspecified atom stereocenters. The Labute approximate surface area is 117 Å². The van der Waals surface area contributed by atoms with E-state index in [1.54, 1.807) is 0 Å². The van der Waals surface area contributed by atoms with E-state index in [1.807, 2.05) is 0 Å². The van der Waals surface area contributed by atoms with Gasteiger partial charge in [0.1, 0.15) is 0 Å². The molecule has 0 bridgehead atoms. The highest BCUT2D eigenvalue weighted by atomic mass is 15.3. The Hall–Kier alpha value is -0.860. The summed E-state index contributed by atoms with van der Waals surface area (Å²) in [5, 5.41) is 0. The van der Waals surface area contributed by atoms with Crippen molar-refractivity contribution >= 4 is 0 Å². The number of fused-ring (bicyclic) bond motifs is 1. The quantitative estimate of drug-likeness (QED) is 0.822. The van der Waals surface area contributed by atoms with E-state index in [1.165, 1.54) is 70.4 Å². The zero-order valence-corrected chi connectivity index (χ0v) is 11.9. The Morgan fingerprint density at radius 3 is 2.74 bits per heavy atom. The maximum atomic E-state index is 2.74. The molecular formula is C17H26N2. The number of nitrogens with zero attached hydrogens (tertiary/aromatic N) is 2. The predicted octanol–water partition coefficient (Wildman–Crippen LogP) is 2.79. The van der Waals surface area contributed by atoms with E-state index in [9.17, 15) is 0 Å². The van der Waals surface area contributed by atoms with Crippen LogP contribution in [0.3, 0.4) is 0 Å². The number of benzene rings is 1. The summed E-state index contributed by atoms with van der Waals surface area (Å²) in [4.78, 5) is 5.42. The molecule has 0 amide bonds. The van der Waals surface area contributed by atoms with Crippen LogP contribution in [0.1, 0.15) is 31.2 Å². The lowest BCUT2D eigenvalue weighted by atomic mass is 10.1. The van der Waals surface area contributed by atoms with Crippen LogP contribution < -0.4 is 0 Å². The minimum absolute atomic E-state index is 0.840. The summed E-state index contributed by atoms with van der Waals surface area (Å²) in [6, 6.07) is 11.8. The van der Waals surface area contributed by atoms with E-state index in [0.29, 0.717) is 0 Å². The molecule has 2 aliphatic rings. The molecule has 1 aromatic rings. The minimum atomic E-state index is 0.840. The molecule has 1 atom stereocenters. The van der Waals surface area contributed by atoms with Gasteiger partial charge in [-0.2, -0.15) is 0 Å². The summed E-state index contributed by atoms with van der Waals surface area (Å²) in [5.41, 5.74) is 1.48. The second-order valence-corrected chi connectivity index (χ2v) is 6.08. The zero-order chi connectivity index (χ0) is 12.9. The van der Waals surface area contributed by atoms with E-state index in [4.69, 9.17) is 0 Å². The molecule has 0 saturated carbocycles. The van der Waals surface area contributed by atoms with Crippen LogP contribution in [0.4, 0.5) is 0 Å². The van der Waals surface area contributed by atoms with Crippen molar-refractivity contribution in [2.45, 2.75) is 38.1 Å². The monoisotopic (exact) mass is 258 g/mol. The lowest BCUT2D eigenvalue weighted by molar-refractivity contribution is 0.0771. The second-order valence-electron chi connectivity index (χ2n) is 6.08. The van der Waals surface area contributed by atoms with E-state index in [2.05, 4.69) is 40.1 Å². The Balaban J connectivity index is 1.50. The molecular weight excluding hydrogens is 232 g/mol. The van der Waals surface area contributed by atoms with Crippen LogP contribution in [-0.2, 0) is 6.42 Å². The third-order valence-corrected chi connectivity index (χ3v) is 4.73. The number of rotatable bonds is 3. The molecule has 2 heteroatoms. The Morgan fingerprint density at radius 2 is 1.84 bits per heavy atom. The first kappa shape index (κ1) is 13.1. The summed E-state index contributed by atoms with van der Waals surface area (Å²) < 4.78 is 0. The first-order chi connectivity index (χ1) is 9.42. The summed E-state index contributed by atoms with van der Waals surface area (Å²) in [6.45, 7) is 6.43. The standard InChI is InChI=1S/C17H26N2/c1-3-7-16(8-4-1)10-12-18-13-14-19-11-6-2-5-9-17(19)15-18/h1,3-4,7-8,17H,2,5-6,9-15H2. The van der Waals surface area contributed by atoms with Crippen molar-refractivity contribution in [1.82, 2.24) is 9.80 Å². The molecule has 0 aromatic heterocycles. The smallest absolute Gasteiger partial charge is 0.0223 e. The molecule has 2 heterocycles. The van der Waals surface area contributed by atoms with Gasteiger partial charge in [0.15, 0.2) is 0 Å². The van der Waals surface area contributed by atoms with Gasteiger partial charge in [-0.15, -0.1) is 0 Å². The molecule has 3 rings (SSSR count). The van der Waals surface area contributed by atoms with Crippen molar-refractivity contribution in [1.29, 1.82) is 0 Å². The van der Waals surface area contributed by atoms with Crippen LogP contribution in [0.5, 0.6) is 0 Å². The first-order valence-electron chi connectivity index (χ1n) is 7.92. The fourth-order valence-corrected chi connectivity index (χ4v) is 3.53. The average molecular weight is 258 g/mol. The highest BCUT2D eigenvalue weighted by molar-refractivity contribution is 5.14. The van der Waals surface area contributed by atoms with Crippen molar-refractivity contribution < 1.29 is 0 Å². The third-order valence-electron chi connectivity index (χ3n) is 4.73. The zero-order valence-electron chi connectivity index (χ0n) is 11.9. The number of piperazine rings is 1. The average Bonchev–Trinajstić information content (AvgIpc) is 2.71. The van der Waals surface area contributed by atoms with Gasteiger partial charge in [0.2, 0.25) is 0 Å². The molecule has 2 aliphatic heterocycles. The van der Waals surface area contributed by atoms with Crippen LogP contribution in [0, 0.1) is 0 Å². The fraction of sp³-hybridized carbons (Fsp3) is 0.647. The Morgan fingerprint density at radius 1 is 0.947 bits per heavy atom. The van der Waals surface area contributed by atoms with Gasteiger partial charge < -0.3 is 4.90 Å². The van der Waals surface area contributed by atoms with Gasteiger partial charge in [-0.1, -0.05) is 43.2 Å². The lowest BCUT2D eigenvalue weighted by Gasteiger charge is -2.40. The van der Waals surface area contributed by atoms with Crippen molar-refractivity contribution in [2.75, 3.05) is 32.7 Å². The maximum Gasteiger partial charge on any atom is 0.0223 e. The van der Waals surface area contributed by atoms with Gasteiger partial charge in [-0.3, -0.25) is 4.90 Å². The largest absolute Gasteiger partial charge is 0.300 e. The molecule has 104 valence electrons. The number of hydrogen-bond donors (Lipinski definition) is 0. The topological polar surface area (TPSA) is 6.48 Å². The van der Waals surface area contributed by atoms with Gasteiger partial charge in [0.25, 0.3) is 0 Å². The van der Waals surface area contributed by atoms with Crippen LogP contribution in [0.15, 0.2) is 30.3 Å². The van der Waals surface area contributed by atoms with E-state index < -0.39 is 0 Å². The maximum absolute atomic E-state index is 2.74. The van der Waals surface area contributed by atoms with Crippen molar-refractivity contribution in [2.24, 2.45) is 0 Å². The van der Waals surface area contributed by atoms with Crippen molar-refractivity contribution in [3.63, 3.8) is 0 Å². The van der Waals surface area contributed by atoms with E-state index in [0.717, 1.165) is 6.04 Å². The molecule has 2 saturated heterocycles. The van der Waals surface area contributed by atoms with Crippen LogP contribution in [0.2, 0.25) is 0 Å². The van der Waals surface area contributed by atoms with Gasteiger partial charge in [0.05, 0.1) is 0 Å². The van der Waals surface area contributed by atoms with Gasteiger partial charge in [0, 0.05) is 32.2 Å². The Kier molecular flexibility index (Phi) is 4.52. The summed E-state index contributed by atoms with van der Waals surface area (Å²) >= 11 is 0. The Bertz CT molecular complexity index is 376. The third kappa shape index (κ3) is 3.58. The van der Waals surface area contributed by atoms with Gasteiger partial charge >= 0.3 is 0 Å². The van der Waals surface area contributed by atoms with Gasteiger partial charge in [-0.25, -0.2) is 0 Å². The molecule has 1 aromatic carbocycles. The van der Waals surface area contributed by atoms with Crippen molar-refractivity contribution in [3.8, 4) is 0 Å². The molecule has 2 nitrogen and oxygen atoms in total. The lowest BCUT2D eigenvalue weighted by Crippen LogP contribution is -2.53. The fourth-order valence-electron chi connectivity index (χ4n) is 3.53. The van der Waals surface area contributed by atoms with Crippen LogP contribution >= 0.6 is 0 Å². The predicted molar refractivity (Wildman–Crippen MR) is 80.4 cm³/mol. The molecule has 0 N–H and O–H groups in total. The first-order valence-corrected chi connectivity index (χ1v) is 7.92. The summed E-state index contributed by atoms with van der Waals surface area (Å²) in [6.07, 6.45) is 6.92. The molecule has 19 heavy (non-hydrogen) atoms. The normalized spacial score (nSPS) is 25.8. The van der Waals surface area contributed by atoms with Gasteiger partial charge in [-0.05, 0) is 31.4 Å². The van der Waals surface area contributed by atoms with Crippen LogP contribution in [-0.4, -0.2) is 48.6 Å². The van der Waals surface area contributed by atoms with Crippen molar-refractivity contribution in [3.05, 3.63) is 35.9 Å². The molecule has 2 fully saturated rings. The summed E-state index contributed by atoms with van der Waals surface area (Å²) in [7, 11) is 0. The van der Waals surface area contributed by atoms with Crippen LogP contribution in [0.25, 0.3) is 0 Å². The number of hydrogen-bond acceptors (Lipinski definition) is 2. The highest BCUT2D eigenvalue weighted by Gasteiger charge is 2.27. The highest BCUT2D eigenvalue weighted by Crippen LogP contribution is 2.20. The SMILES string of the molecule is c1ccc(CCN2CCN3CCCCCC3C2)cc1. The second kappa shape index (κ2) is 6.53. The van der Waals surface area contributed by atoms with E-state index >= 15 is 0 Å².